The second-order valence-corrected chi connectivity index (χ2v) is 4.38. The lowest BCUT2D eigenvalue weighted by atomic mass is 9.87. The Morgan fingerprint density at radius 1 is 1.63 bits per heavy atom. The monoisotopic (exact) mass is 265 g/mol. The van der Waals surface area contributed by atoms with Gasteiger partial charge in [0, 0.05) is 13.6 Å². The van der Waals surface area contributed by atoms with E-state index in [9.17, 15) is 15.0 Å². The molecule has 0 spiro atoms. The zero-order valence-electron chi connectivity index (χ0n) is 11.1. The minimum Gasteiger partial charge on any atom is -0.508 e. The molecule has 0 bridgehead atoms. The molecule has 4 N–H and O–H groups in total. The summed E-state index contributed by atoms with van der Waals surface area (Å²) in [5.41, 5.74) is 0.573. The van der Waals surface area contributed by atoms with Crippen LogP contribution in [-0.4, -0.2) is 35.8 Å². The van der Waals surface area contributed by atoms with Crippen LogP contribution in [0.4, 0.5) is 0 Å². The number of hydrogen-bond donors (Lipinski definition) is 4. The van der Waals surface area contributed by atoms with E-state index in [0.717, 1.165) is 0 Å². The van der Waals surface area contributed by atoms with Crippen LogP contribution in [0.1, 0.15) is 19.8 Å². The number of likely N-dealkylation sites (N-methyl/N-ethyl adjacent to an activating group) is 1. The highest BCUT2D eigenvalue weighted by molar-refractivity contribution is 5.97. The van der Waals surface area contributed by atoms with E-state index in [4.69, 9.17) is 5.26 Å². The fourth-order valence-electron chi connectivity index (χ4n) is 2.06. The Labute approximate surface area is 112 Å². The first-order valence-corrected chi connectivity index (χ1v) is 6.21. The summed E-state index contributed by atoms with van der Waals surface area (Å²) in [6.07, 6.45) is 1.34. The number of nitrogens with one attached hydrogen (secondary N) is 2. The van der Waals surface area contributed by atoms with Gasteiger partial charge in [0.2, 0.25) is 0 Å². The molecule has 0 saturated heterocycles. The average Bonchev–Trinajstić information content (AvgIpc) is 2.39. The van der Waals surface area contributed by atoms with E-state index >= 15 is 0 Å². The topological polar surface area (TPSA) is 105 Å². The summed E-state index contributed by atoms with van der Waals surface area (Å²) in [5.74, 6) is -0.640. The summed E-state index contributed by atoms with van der Waals surface area (Å²) < 4.78 is 0. The molecule has 0 aromatic heterocycles. The maximum absolute atomic E-state index is 11.6. The Morgan fingerprint density at radius 3 is 2.84 bits per heavy atom. The molecule has 0 heterocycles. The van der Waals surface area contributed by atoms with Crippen LogP contribution in [0.5, 0.6) is 0 Å². The molecule has 1 aliphatic rings. The van der Waals surface area contributed by atoms with E-state index in [1.807, 2.05) is 6.07 Å². The predicted molar refractivity (Wildman–Crippen MR) is 69.8 cm³/mol. The van der Waals surface area contributed by atoms with E-state index in [1.165, 1.54) is 0 Å². The van der Waals surface area contributed by atoms with Crippen LogP contribution in [-0.2, 0) is 4.79 Å². The van der Waals surface area contributed by atoms with E-state index in [2.05, 4.69) is 10.6 Å². The molecule has 1 amide bonds. The van der Waals surface area contributed by atoms with Crippen molar-refractivity contribution in [1.29, 1.82) is 5.26 Å². The summed E-state index contributed by atoms with van der Waals surface area (Å²) >= 11 is 0. The molecule has 2 atom stereocenters. The molecule has 0 radical (unpaired) electrons. The molecular weight excluding hydrogens is 246 g/mol. The largest absolute Gasteiger partial charge is 0.508 e. The molecule has 0 saturated carbocycles. The van der Waals surface area contributed by atoms with Gasteiger partial charge in [0.05, 0.1) is 5.70 Å². The van der Waals surface area contributed by atoms with E-state index < -0.39 is 12.0 Å². The lowest BCUT2D eigenvalue weighted by molar-refractivity contribution is -0.117. The van der Waals surface area contributed by atoms with Crippen molar-refractivity contribution in [1.82, 2.24) is 10.6 Å². The quantitative estimate of drug-likeness (QED) is 0.433. The third-order valence-corrected chi connectivity index (χ3v) is 3.02. The summed E-state index contributed by atoms with van der Waals surface area (Å²) in [6.45, 7) is 2.23. The predicted octanol–water partition coefficient (Wildman–Crippen LogP) is 0.332. The fourth-order valence-corrected chi connectivity index (χ4v) is 2.06. The number of rotatable bonds is 4. The minimum absolute atomic E-state index is 0.0379. The zero-order chi connectivity index (χ0) is 14.4. The van der Waals surface area contributed by atoms with Crippen LogP contribution in [0.2, 0.25) is 0 Å². The van der Waals surface area contributed by atoms with Gasteiger partial charge in [-0.05, 0) is 25.7 Å². The Morgan fingerprint density at radius 2 is 2.32 bits per heavy atom. The van der Waals surface area contributed by atoms with Gasteiger partial charge in [0.25, 0.3) is 5.91 Å². The zero-order valence-corrected chi connectivity index (χ0v) is 11.1. The van der Waals surface area contributed by atoms with Crippen LogP contribution in [0, 0.1) is 17.2 Å². The highest BCUT2D eigenvalue weighted by Crippen LogP contribution is 2.28. The average molecular weight is 265 g/mol. The van der Waals surface area contributed by atoms with Crippen LogP contribution in [0.25, 0.3) is 0 Å². The Balaban J connectivity index is 2.88. The van der Waals surface area contributed by atoms with Gasteiger partial charge in [-0.25, -0.2) is 0 Å². The lowest BCUT2D eigenvalue weighted by Crippen LogP contribution is -2.29. The number of nitriles is 1. The van der Waals surface area contributed by atoms with Gasteiger partial charge in [-0.15, -0.1) is 0 Å². The summed E-state index contributed by atoms with van der Waals surface area (Å²) in [6, 6.07) is 1.86. The second-order valence-electron chi connectivity index (χ2n) is 4.38. The summed E-state index contributed by atoms with van der Waals surface area (Å²) in [7, 11) is 1.65. The minimum atomic E-state index is -0.966. The number of carbonyl (C=O) groups is 1. The van der Waals surface area contributed by atoms with Crippen molar-refractivity contribution in [2.24, 2.45) is 5.92 Å². The SMILES string of the molecule is CCNC(=O)/C(C#N)=C/C1CC(NC)=C(O)C(O)C1. The third kappa shape index (κ3) is 3.73. The van der Waals surface area contributed by atoms with Crippen LogP contribution in [0.3, 0.4) is 0 Å². The van der Waals surface area contributed by atoms with Crippen LogP contribution in [0.15, 0.2) is 23.1 Å². The number of nitrogens with zero attached hydrogens (tertiary/aromatic N) is 1. The fraction of sp³-hybridized carbons (Fsp3) is 0.538. The van der Waals surface area contributed by atoms with Gasteiger partial charge in [-0.2, -0.15) is 5.26 Å². The Hall–Kier alpha value is -2.00. The molecule has 104 valence electrons. The molecule has 0 aromatic carbocycles. The lowest BCUT2D eigenvalue weighted by Gasteiger charge is -2.26. The highest BCUT2D eigenvalue weighted by Gasteiger charge is 2.27. The maximum Gasteiger partial charge on any atom is 0.261 e. The molecule has 1 rings (SSSR count). The first-order valence-electron chi connectivity index (χ1n) is 6.21. The van der Waals surface area contributed by atoms with Crippen LogP contribution >= 0.6 is 0 Å². The van der Waals surface area contributed by atoms with Gasteiger partial charge in [0.1, 0.15) is 23.5 Å². The number of amides is 1. The van der Waals surface area contributed by atoms with E-state index in [-0.39, 0.29) is 17.3 Å². The molecule has 1 aliphatic carbocycles. The Kier molecular flexibility index (Phi) is 5.39. The second kappa shape index (κ2) is 6.81. The molecule has 0 fully saturated rings. The Bertz CT molecular complexity index is 449. The number of hydrogen-bond acceptors (Lipinski definition) is 5. The number of aliphatic hydroxyl groups excluding tert-OH is 2. The first kappa shape index (κ1) is 15.1. The van der Waals surface area contributed by atoms with E-state index in [1.54, 1.807) is 20.0 Å². The van der Waals surface area contributed by atoms with Crippen molar-refractivity contribution < 1.29 is 15.0 Å². The maximum atomic E-state index is 11.6. The standard InChI is InChI=1S/C13H19N3O3/c1-3-16-13(19)9(7-14)4-8-5-10(15-2)12(18)11(17)6-8/h4,8,11,15,17-18H,3,5-6H2,1-2H3,(H,16,19)/b9-4+. The first-order chi connectivity index (χ1) is 9.03. The molecular formula is C13H19N3O3. The van der Waals surface area contributed by atoms with Crippen molar-refractivity contribution >= 4 is 5.91 Å². The van der Waals surface area contributed by atoms with Gasteiger partial charge in [-0.3, -0.25) is 4.79 Å². The summed E-state index contributed by atoms with van der Waals surface area (Å²) in [5, 5.41) is 33.7. The number of aliphatic hydroxyl groups is 2. The van der Waals surface area contributed by atoms with Crippen molar-refractivity contribution in [3.63, 3.8) is 0 Å². The van der Waals surface area contributed by atoms with Gasteiger partial charge in [0.15, 0.2) is 0 Å². The smallest absolute Gasteiger partial charge is 0.261 e. The van der Waals surface area contributed by atoms with Gasteiger partial charge < -0.3 is 20.8 Å². The van der Waals surface area contributed by atoms with Gasteiger partial charge in [-0.1, -0.05) is 6.08 Å². The van der Waals surface area contributed by atoms with Crippen molar-refractivity contribution in [3.8, 4) is 6.07 Å². The van der Waals surface area contributed by atoms with Gasteiger partial charge >= 0.3 is 0 Å². The highest BCUT2D eigenvalue weighted by atomic mass is 16.3. The third-order valence-electron chi connectivity index (χ3n) is 3.02. The van der Waals surface area contributed by atoms with Crippen LogP contribution < -0.4 is 10.6 Å². The molecule has 0 aliphatic heterocycles. The molecule has 19 heavy (non-hydrogen) atoms. The molecule has 6 nitrogen and oxygen atoms in total. The molecule has 6 heteroatoms. The molecule has 0 aromatic rings. The number of allylic oxidation sites excluding steroid dienone is 2. The normalized spacial score (nSPS) is 23.8. The van der Waals surface area contributed by atoms with Crippen molar-refractivity contribution in [2.75, 3.05) is 13.6 Å². The van der Waals surface area contributed by atoms with E-state index in [0.29, 0.717) is 25.1 Å². The van der Waals surface area contributed by atoms with Crippen molar-refractivity contribution in [2.45, 2.75) is 25.9 Å². The van der Waals surface area contributed by atoms with Crippen molar-refractivity contribution in [3.05, 3.63) is 23.1 Å². The number of carbonyl (C=O) groups excluding carboxylic acids is 1. The summed E-state index contributed by atoms with van der Waals surface area (Å²) in [4.78, 5) is 11.6. The molecule has 2 unspecified atom stereocenters.